The first-order valence-corrected chi connectivity index (χ1v) is 5.57. The van der Waals surface area contributed by atoms with Crippen LogP contribution in [0.15, 0.2) is 11.7 Å². The van der Waals surface area contributed by atoms with Gasteiger partial charge in [-0.2, -0.15) is 5.26 Å². The van der Waals surface area contributed by atoms with Crippen molar-refractivity contribution >= 4 is 22.4 Å². The summed E-state index contributed by atoms with van der Waals surface area (Å²) in [7, 11) is 0. The van der Waals surface area contributed by atoms with Gasteiger partial charge in [0, 0.05) is 12.3 Å². The van der Waals surface area contributed by atoms with Crippen molar-refractivity contribution in [1.29, 1.82) is 5.26 Å². The monoisotopic (exact) mass is 248 g/mol. The van der Waals surface area contributed by atoms with Crippen LogP contribution in [0.1, 0.15) is 18.4 Å². The van der Waals surface area contributed by atoms with Crippen LogP contribution in [-0.2, 0) is 11.3 Å². The first-order chi connectivity index (χ1) is 8.17. The van der Waals surface area contributed by atoms with Gasteiger partial charge in [0.2, 0.25) is 5.91 Å². The van der Waals surface area contributed by atoms with Crippen LogP contribution >= 0.6 is 11.3 Å². The maximum Gasteiger partial charge on any atom is 0.252 e. The number of carbonyl (C=O) groups is 1. The fourth-order valence-corrected chi connectivity index (χ4v) is 1.92. The second-order valence-corrected chi connectivity index (χ2v) is 4.06. The van der Waals surface area contributed by atoms with E-state index < -0.39 is 0 Å². The summed E-state index contributed by atoms with van der Waals surface area (Å²) < 4.78 is 1.52. The van der Waals surface area contributed by atoms with Crippen LogP contribution < -0.4 is 5.32 Å². The average Bonchev–Trinajstić information content (AvgIpc) is 2.88. The molecule has 0 radical (unpaired) electrons. The van der Waals surface area contributed by atoms with Gasteiger partial charge in [0.05, 0.1) is 12.2 Å². The first-order valence-electron chi connectivity index (χ1n) is 4.69. The van der Waals surface area contributed by atoms with Gasteiger partial charge in [0.1, 0.15) is 12.4 Å². The molecule has 86 valence electrons. The van der Waals surface area contributed by atoms with E-state index in [4.69, 9.17) is 5.26 Å². The van der Waals surface area contributed by atoms with Crippen LogP contribution in [0.4, 0.5) is 5.13 Å². The summed E-state index contributed by atoms with van der Waals surface area (Å²) >= 11 is 1.34. The minimum Gasteiger partial charge on any atom is -0.302 e. The molecule has 1 amide bonds. The number of anilines is 1. The summed E-state index contributed by atoms with van der Waals surface area (Å²) in [6.45, 7) is 1.85. The molecule has 0 spiro atoms. The molecule has 1 N–H and O–H groups in total. The summed E-state index contributed by atoms with van der Waals surface area (Å²) in [4.78, 5) is 18.8. The maximum atomic E-state index is 10.8. The molecule has 0 aliphatic carbocycles. The van der Waals surface area contributed by atoms with E-state index in [0.29, 0.717) is 11.7 Å². The second-order valence-electron chi connectivity index (χ2n) is 3.20. The Hall–Kier alpha value is -2.27. The van der Waals surface area contributed by atoms with E-state index in [9.17, 15) is 4.79 Å². The van der Waals surface area contributed by atoms with Gasteiger partial charge in [-0.3, -0.25) is 4.79 Å². The van der Waals surface area contributed by atoms with Crippen molar-refractivity contribution in [2.45, 2.75) is 13.5 Å². The van der Waals surface area contributed by atoms with E-state index >= 15 is 0 Å². The van der Waals surface area contributed by atoms with Gasteiger partial charge in [0.25, 0.3) is 5.82 Å². The summed E-state index contributed by atoms with van der Waals surface area (Å²) in [5.74, 6) is -0.0271. The van der Waals surface area contributed by atoms with Gasteiger partial charge in [-0.05, 0) is 0 Å². The van der Waals surface area contributed by atoms with E-state index in [-0.39, 0.29) is 11.7 Å². The molecule has 0 aliphatic rings. The maximum absolute atomic E-state index is 10.8. The molecule has 0 saturated carbocycles. The zero-order valence-corrected chi connectivity index (χ0v) is 9.73. The number of aromatic nitrogens is 4. The summed E-state index contributed by atoms with van der Waals surface area (Å²) in [5.41, 5.74) is 0.758. The molecule has 0 bridgehead atoms. The van der Waals surface area contributed by atoms with Crippen LogP contribution in [0.2, 0.25) is 0 Å². The number of thiazole rings is 1. The Morgan fingerprint density at radius 2 is 2.53 bits per heavy atom. The van der Waals surface area contributed by atoms with E-state index in [1.807, 2.05) is 11.4 Å². The predicted molar refractivity (Wildman–Crippen MR) is 60.3 cm³/mol. The Kier molecular flexibility index (Phi) is 3.11. The number of nitrogens with one attached hydrogen (secondary N) is 1. The minimum atomic E-state index is -0.154. The van der Waals surface area contributed by atoms with E-state index in [0.717, 1.165) is 5.69 Å². The quantitative estimate of drug-likeness (QED) is 0.858. The van der Waals surface area contributed by atoms with Crippen LogP contribution in [0, 0.1) is 11.3 Å². The highest BCUT2D eigenvalue weighted by Crippen LogP contribution is 2.15. The lowest BCUT2D eigenvalue weighted by Crippen LogP contribution is -2.06. The van der Waals surface area contributed by atoms with E-state index in [1.165, 1.54) is 29.3 Å². The van der Waals surface area contributed by atoms with Crippen LogP contribution in [0.3, 0.4) is 0 Å². The largest absolute Gasteiger partial charge is 0.302 e. The first kappa shape index (κ1) is 11.2. The van der Waals surface area contributed by atoms with Gasteiger partial charge < -0.3 is 5.32 Å². The summed E-state index contributed by atoms with van der Waals surface area (Å²) in [6, 6.07) is 1.85. The molecule has 7 nitrogen and oxygen atoms in total. The lowest BCUT2D eigenvalue weighted by Gasteiger charge is -1.95. The molecule has 0 saturated heterocycles. The Bertz CT molecular complexity index is 580. The summed E-state index contributed by atoms with van der Waals surface area (Å²) in [5, 5.41) is 17.5. The lowest BCUT2D eigenvalue weighted by atomic mass is 10.5. The van der Waals surface area contributed by atoms with Crippen molar-refractivity contribution in [3.05, 3.63) is 23.2 Å². The number of carbonyl (C=O) groups excluding carboxylic acids is 1. The lowest BCUT2D eigenvalue weighted by molar-refractivity contribution is -0.114. The Labute approximate surface area is 101 Å². The summed E-state index contributed by atoms with van der Waals surface area (Å²) in [6.07, 6.45) is 1.47. The highest BCUT2D eigenvalue weighted by Gasteiger charge is 2.05. The third-order valence-electron chi connectivity index (χ3n) is 1.80. The standard InChI is InChI=1S/C9H8N6OS/c1-6(16)12-9-13-7(4-17-9)3-15-5-11-8(2-10)14-15/h4-5H,3H2,1H3,(H,12,13,16). The number of rotatable bonds is 3. The van der Waals surface area contributed by atoms with Crippen molar-refractivity contribution in [1.82, 2.24) is 19.7 Å². The van der Waals surface area contributed by atoms with Crippen molar-refractivity contribution in [3.8, 4) is 6.07 Å². The number of amides is 1. The molecule has 8 heteroatoms. The molecule has 0 aromatic carbocycles. The van der Waals surface area contributed by atoms with Crippen molar-refractivity contribution in [3.63, 3.8) is 0 Å². The Balaban J connectivity index is 2.06. The van der Waals surface area contributed by atoms with Gasteiger partial charge in [-0.15, -0.1) is 16.4 Å². The predicted octanol–water partition coefficient (Wildman–Crippen LogP) is 0.613. The number of nitrogens with zero attached hydrogens (tertiary/aromatic N) is 5. The highest BCUT2D eigenvalue weighted by molar-refractivity contribution is 7.13. The Morgan fingerprint density at radius 1 is 1.71 bits per heavy atom. The zero-order valence-electron chi connectivity index (χ0n) is 8.91. The van der Waals surface area contributed by atoms with Crippen molar-refractivity contribution in [2.24, 2.45) is 0 Å². The SMILES string of the molecule is CC(=O)Nc1nc(Cn2cnc(C#N)n2)cs1. The van der Waals surface area contributed by atoms with E-state index in [2.05, 4.69) is 20.4 Å². The topological polar surface area (TPSA) is 96.5 Å². The van der Waals surface area contributed by atoms with Crippen LogP contribution in [0.25, 0.3) is 0 Å². The molecule has 0 atom stereocenters. The molecule has 0 fully saturated rings. The third kappa shape index (κ3) is 2.85. The van der Waals surface area contributed by atoms with Gasteiger partial charge in [-0.25, -0.2) is 14.6 Å². The molecule has 2 rings (SSSR count). The normalized spacial score (nSPS) is 9.88. The molecular weight excluding hydrogens is 240 g/mol. The van der Waals surface area contributed by atoms with Gasteiger partial charge in [0.15, 0.2) is 5.13 Å². The number of hydrogen-bond acceptors (Lipinski definition) is 6. The third-order valence-corrected chi connectivity index (χ3v) is 2.60. The molecule has 2 aromatic heterocycles. The number of hydrogen-bond donors (Lipinski definition) is 1. The molecule has 0 unspecified atom stereocenters. The molecule has 0 aliphatic heterocycles. The molecule has 2 heterocycles. The van der Waals surface area contributed by atoms with Crippen molar-refractivity contribution < 1.29 is 4.79 Å². The highest BCUT2D eigenvalue weighted by atomic mass is 32.1. The van der Waals surface area contributed by atoms with Gasteiger partial charge >= 0.3 is 0 Å². The van der Waals surface area contributed by atoms with Crippen LogP contribution in [-0.4, -0.2) is 25.7 Å². The van der Waals surface area contributed by atoms with Crippen LogP contribution in [0.5, 0.6) is 0 Å². The minimum absolute atomic E-state index is 0.127. The average molecular weight is 248 g/mol. The Morgan fingerprint density at radius 3 is 3.18 bits per heavy atom. The molecule has 17 heavy (non-hydrogen) atoms. The zero-order chi connectivity index (χ0) is 12.3. The fraction of sp³-hybridized carbons (Fsp3) is 0.222. The number of nitriles is 1. The smallest absolute Gasteiger partial charge is 0.252 e. The van der Waals surface area contributed by atoms with E-state index in [1.54, 1.807) is 0 Å². The van der Waals surface area contributed by atoms with Crippen molar-refractivity contribution in [2.75, 3.05) is 5.32 Å². The second kappa shape index (κ2) is 4.71. The molecular formula is C9H8N6OS. The molecule has 2 aromatic rings. The van der Waals surface area contributed by atoms with Gasteiger partial charge in [-0.1, -0.05) is 0 Å². The fourth-order valence-electron chi connectivity index (χ4n) is 1.18.